The van der Waals surface area contributed by atoms with Gasteiger partial charge in [-0.25, -0.2) is 14.1 Å². The Labute approximate surface area is 251 Å². The Morgan fingerprint density at radius 1 is 0.886 bits per heavy atom. The van der Waals surface area contributed by atoms with Crippen molar-refractivity contribution in [3.05, 3.63) is 120 Å². The summed E-state index contributed by atoms with van der Waals surface area (Å²) in [6.45, 7) is -0.0853. The van der Waals surface area contributed by atoms with Crippen LogP contribution in [0.15, 0.2) is 103 Å². The van der Waals surface area contributed by atoms with Crippen molar-refractivity contribution in [2.45, 2.75) is 6.61 Å². The first kappa shape index (κ1) is 29.5. The van der Waals surface area contributed by atoms with E-state index in [0.29, 0.717) is 17.9 Å². The van der Waals surface area contributed by atoms with E-state index < -0.39 is 36.2 Å². The minimum absolute atomic E-state index is 0.0188. The number of methoxy groups -OCH3 is 1. The van der Waals surface area contributed by atoms with Crippen LogP contribution in [0.4, 0.5) is 20.6 Å². The molecule has 0 radical (unpaired) electrons. The van der Waals surface area contributed by atoms with Crippen molar-refractivity contribution in [3.63, 3.8) is 0 Å². The lowest BCUT2D eigenvalue weighted by Crippen LogP contribution is -2.54. The normalized spacial score (nSPS) is 13.8. The van der Waals surface area contributed by atoms with Crippen molar-refractivity contribution in [2.24, 2.45) is 0 Å². The molecule has 1 heterocycles. The Hall–Kier alpha value is -5.97. The first-order chi connectivity index (χ1) is 21.3. The van der Waals surface area contributed by atoms with Crippen LogP contribution < -0.4 is 29.7 Å². The molecule has 0 atom stereocenters. The average Bonchev–Trinajstić information content (AvgIpc) is 3.03. The van der Waals surface area contributed by atoms with Gasteiger partial charge in [-0.05, 0) is 65.7 Å². The highest BCUT2D eigenvalue weighted by atomic mass is 19.1. The number of hydrogen-bond donors (Lipinski definition) is 2. The van der Waals surface area contributed by atoms with E-state index in [-0.39, 0.29) is 28.4 Å². The molecule has 4 aromatic carbocycles. The lowest BCUT2D eigenvalue weighted by Gasteiger charge is -2.26. The van der Waals surface area contributed by atoms with Crippen molar-refractivity contribution < 1.29 is 37.8 Å². The van der Waals surface area contributed by atoms with E-state index in [9.17, 15) is 23.6 Å². The molecule has 0 unspecified atom stereocenters. The van der Waals surface area contributed by atoms with E-state index in [1.807, 2.05) is 30.3 Å². The third-order valence-electron chi connectivity index (χ3n) is 6.45. The zero-order chi connectivity index (χ0) is 31.1. The maximum Gasteiger partial charge on any atom is 0.335 e. The minimum atomic E-state index is -0.884. The summed E-state index contributed by atoms with van der Waals surface area (Å²) in [5, 5.41) is 4.61. The Bertz CT molecular complexity index is 1740. The number of amides is 5. The number of para-hydroxylation sites is 1. The molecule has 11 heteroatoms. The number of halogens is 1. The number of urea groups is 1. The van der Waals surface area contributed by atoms with Crippen LogP contribution in [-0.2, 0) is 21.0 Å². The van der Waals surface area contributed by atoms with Crippen LogP contribution >= 0.6 is 0 Å². The van der Waals surface area contributed by atoms with Gasteiger partial charge in [0.25, 0.3) is 17.7 Å². The van der Waals surface area contributed by atoms with Crippen LogP contribution in [-0.4, -0.2) is 37.5 Å². The largest absolute Gasteiger partial charge is 0.493 e. The molecule has 0 aromatic heterocycles. The lowest BCUT2D eigenvalue weighted by molar-refractivity contribution is -0.122. The van der Waals surface area contributed by atoms with Gasteiger partial charge in [-0.1, -0.05) is 48.5 Å². The van der Waals surface area contributed by atoms with Gasteiger partial charge in [0.05, 0.1) is 18.5 Å². The molecule has 1 saturated heterocycles. The SMILES string of the molecule is COc1cc(/C=C2/C(=O)NC(=O)N(c3ccc(OCc4ccccc4)cc3)C2=O)ccc1OCC(=O)Nc1ccccc1F. The van der Waals surface area contributed by atoms with Gasteiger partial charge in [0, 0.05) is 0 Å². The quantitative estimate of drug-likeness (QED) is 0.193. The number of imide groups is 2. The molecule has 0 spiro atoms. The van der Waals surface area contributed by atoms with Gasteiger partial charge in [-0.3, -0.25) is 19.7 Å². The zero-order valence-corrected chi connectivity index (χ0v) is 23.4. The van der Waals surface area contributed by atoms with Crippen molar-refractivity contribution in [1.29, 1.82) is 0 Å². The number of nitrogens with one attached hydrogen (secondary N) is 2. The Morgan fingerprint density at radius 3 is 2.34 bits per heavy atom. The van der Waals surface area contributed by atoms with Crippen molar-refractivity contribution in [2.75, 3.05) is 23.9 Å². The molecule has 1 fully saturated rings. The van der Waals surface area contributed by atoms with Crippen molar-refractivity contribution in [3.8, 4) is 17.2 Å². The fourth-order valence-electron chi connectivity index (χ4n) is 4.28. The number of rotatable bonds is 10. The van der Waals surface area contributed by atoms with Crippen LogP contribution in [0.1, 0.15) is 11.1 Å². The molecule has 222 valence electrons. The monoisotopic (exact) mass is 595 g/mol. The molecular weight excluding hydrogens is 569 g/mol. The van der Waals surface area contributed by atoms with Crippen LogP contribution in [0.25, 0.3) is 6.08 Å². The predicted octanol–water partition coefficient (Wildman–Crippen LogP) is 5.10. The third kappa shape index (κ3) is 6.90. The summed E-state index contributed by atoms with van der Waals surface area (Å²) in [6, 6.07) is 25.3. The number of hydrogen-bond acceptors (Lipinski definition) is 7. The summed E-state index contributed by atoms with van der Waals surface area (Å²) < 4.78 is 30.5. The van der Waals surface area contributed by atoms with Crippen LogP contribution in [0.2, 0.25) is 0 Å². The van der Waals surface area contributed by atoms with Crippen LogP contribution in [0.5, 0.6) is 17.2 Å². The highest BCUT2D eigenvalue weighted by Crippen LogP contribution is 2.30. The standard InChI is InChI=1S/C33H26FN3O7/c1-42-29-18-22(11-16-28(29)44-20-30(38)35-27-10-6-5-9-26(27)34)17-25-31(39)36-33(41)37(32(25)40)23-12-14-24(15-13-23)43-19-21-7-3-2-4-8-21/h2-18H,19-20H2,1H3,(H,35,38)(H,36,39,41)/b25-17-. The highest BCUT2D eigenvalue weighted by molar-refractivity contribution is 6.39. The summed E-state index contributed by atoms with van der Waals surface area (Å²) >= 11 is 0. The fourth-order valence-corrected chi connectivity index (χ4v) is 4.28. The number of barbiturate groups is 1. The van der Waals surface area contributed by atoms with Gasteiger partial charge >= 0.3 is 6.03 Å². The molecule has 2 N–H and O–H groups in total. The average molecular weight is 596 g/mol. The first-order valence-corrected chi connectivity index (χ1v) is 13.4. The van der Waals surface area contributed by atoms with E-state index in [2.05, 4.69) is 10.6 Å². The number of carbonyl (C=O) groups is 4. The van der Waals surface area contributed by atoms with E-state index in [0.717, 1.165) is 10.5 Å². The molecule has 1 aliphatic heterocycles. The molecule has 10 nitrogen and oxygen atoms in total. The summed E-state index contributed by atoms with van der Waals surface area (Å²) in [5.41, 5.74) is 1.35. The fraction of sp³-hybridized carbons (Fsp3) is 0.0909. The van der Waals surface area contributed by atoms with Crippen molar-refractivity contribution in [1.82, 2.24) is 5.32 Å². The third-order valence-corrected chi connectivity index (χ3v) is 6.45. The van der Waals surface area contributed by atoms with E-state index in [1.165, 1.54) is 43.5 Å². The molecule has 0 bridgehead atoms. The summed E-state index contributed by atoms with van der Waals surface area (Å²) in [4.78, 5) is 51.7. The second-order valence-electron chi connectivity index (χ2n) is 9.45. The summed E-state index contributed by atoms with van der Waals surface area (Å²) in [5.74, 6) is -1.90. The smallest absolute Gasteiger partial charge is 0.335 e. The van der Waals surface area contributed by atoms with Gasteiger partial charge in [0.1, 0.15) is 23.7 Å². The second-order valence-corrected chi connectivity index (χ2v) is 9.45. The first-order valence-electron chi connectivity index (χ1n) is 13.4. The number of benzene rings is 4. The molecule has 0 saturated carbocycles. The molecular formula is C33H26FN3O7. The van der Waals surface area contributed by atoms with Crippen molar-refractivity contribution >= 4 is 41.2 Å². The highest BCUT2D eigenvalue weighted by Gasteiger charge is 2.36. The zero-order valence-electron chi connectivity index (χ0n) is 23.4. The minimum Gasteiger partial charge on any atom is -0.493 e. The van der Waals surface area contributed by atoms with Gasteiger partial charge < -0.3 is 19.5 Å². The summed E-state index contributed by atoms with van der Waals surface area (Å²) in [7, 11) is 1.38. The maximum atomic E-state index is 13.8. The molecule has 1 aliphatic rings. The molecule has 0 aliphatic carbocycles. The number of anilines is 2. The molecule has 5 rings (SSSR count). The Morgan fingerprint density at radius 2 is 1.61 bits per heavy atom. The maximum absolute atomic E-state index is 13.8. The predicted molar refractivity (Wildman–Crippen MR) is 160 cm³/mol. The van der Waals surface area contributed by atoms with Crippen LogP contribution in [0.3, 0.4) is 0 Å². The molecule has 4 aromatic rings. The molecule has 44 heavy (non-hydrogen) atoms. The van der Waals surface area contributed by atoms with Gasteiger partial charge in [-0.15, -0.1) is 0 Å². The van der Waals surface area contributed by atoms with Crippen LogP contribution in [0, 0.1) is 5.82 Å². The van der Waals surface area contributed by atoms with E-state index in [4.69, 9.17) is 14.2 Å². The van der Waals surface area contributed by atoms with E-state index in [1.54, 1.807) is 36.4 Å². The van der Waals surface area contributed by atoms with Gasteiger partial charge in [0.15, 0.2) is 18.1 Å². The van der Waals surface area contributed by atoms with Gasteiger partial charge in [-0.2, -0.15) is 0 Å². The lowest BCUT2D eigenvalue weighted by atomic mass is 10.1. The summed E-state index contributed by atoms with van der Waals surface area (Å²) in [6.07, 6.45) is 1.31. The number of nitrogens with zero attached hydrogens (tertiary/aromatic N) is 1. The van der Waals surface area contributed by atoms with E-state index >= 15 is 0 Å². The van der Waals surface area contributed by atoms with Gasteiger partial charge in [0.2, 0.25) is 0 Å². The molecule has 5 amide bonds. The topological polar surface area (TPSA) is 123 Å². The number of carbonyl (C=O) groups excluding carboxylic acids is 4. The Kier molecular flexibility index (Phi) is 8.95. The Balaban J connectivity index is 1.27. The number of ether oxygens (including phenoxy) is 3. The second kappa shape index (κ2) is 13.3.